The molecule has 1 aliphatic rings. The average Bonchev–Trinajstić information content (AvgIpc) is 2.27. The first-order valence-electron chi connectivity index (χ1n) is 5.81. The largest absolute Gasteiger partial charge is 0.398 e. The van der Waals surface area contributed by atoms with Crippen molar-refractivity contribution >= 4 is 5.69 Å². The average molecular weight is 205 g/mol. The number of rotatable bonds is 2. The van der Waals surface area contributed by atoms with E-state index < -0.39 is 6.10 Å². The number of anilines is 1. The third kappa shape index (κ3) is 2.00. The van der Waals surface area contributed by atoms with Crippen LogP contribution in [-0.4, -0.2) is 5.11 Å². The number of aliphatic hydroxyl groups excluding tert-OH is 1. The summed E-state index contributed by atoms with van der Waals surface area (Å²) in [5.74, 6) is 0. The van der Waals surface area contributed by atoms with Gasteiger partial charge in [-0.1, -0.05) is 13.0 Å². The normalized spacial score (nSPS) is 17.2. The molecule has 0 fully saturated rings. The van der Waals surface area contributed by atoms with E-state index in [9.17, 15) is 5.11 Å². The van der Waals surface area contributed by atoms with Gasteiger partial charge >= 0.3 is 0 Å². The maximum atomic E-state index is 9.83. The molecular weight excluding hydrogens is 186 g/mol. The maximum Gasteiger partial charge on any atom is 0.0807 e. The quantitative estimate of drug-likeness (QED) is 0.729. The summed E-state index contributed by atoms with van der Waals surface area (Å²) in [4.78, 5) is 0. The Bertz CT molecular complexity index is 360. The zero-order valence-electron chi connectivity index (χ0n) is 9.29. The van der Waals surface area contributed by atoms with E-state index in [4.69, 9.17) is 5.73 Å². The lowest BCUT2D eigenvalue weighted by atomic mass is 9.88. The van der Waals surface area contributed by atoms with Gasteiger partial charge in [-0.25, -0.2) is 0 Å². The molecule has 0 spiro atoms. The fourth-order valence-electron chi connectivity index (χ4n) is 2.33. The molecule has 0 aromatic heterocycles. The minimum Gasteiger partial charge on any atom is -0.398 e. The molecule has 0 amide bonds. The monoisotopic (exact) mass is 205 g/mol. The lowest BCUT2D eigenvalue weighted by molar-refractivity contribution is 0.174. The Morgan fingerprint density at radius 3 is 2.47 bits per heavy atom. The second-order valence-electron chi connectivity index (χ2n) is 4.38. The van der Waals surface area contributed by atoms with Gasteiger partial charge in [-0.15, -0.1) is 0 Å². The molecule has 0 saturated heterocycles. The van der Waals surface area contributed by atoms with E-state index in [1.165, 1.54) is 24.0 Å². The number of hydrogen-bond donors (Lipinski definition) is 2. The summed E-state index contributed by atoms with van der Waals surface area (Å²) in [5, 5.41) is 9.83. The Morgan fingerprint density at radius 2 is 1.87 bits per heavy atom. The van der Waals surface area contributed by atoms with Crippen molar-refractivity contribution in [2.24, 2.45) is 0 Å². The highest BCUT2D eigenvalue weighted by molar-refractivity contribution is 5.53. The molecule has 1 aromatic carbocycles. The van der Waals surface area contributed by atoms with Crippen molar-refractivity contribution in [1.29, 1.82) is 0 Å². The molecular formula is C13H19NO. The van der Waals surface area contributed by atoms with E-state index in [2.05, 4.69) is 12.1 Å². The van der Waals surface area contributed by atoms with Crippen LogP contribution in [0.1, 0.15) is 49.0 Å². The fraction of sp³-hybridized carbons (Fsp3) is 0.538. The Balaban J connectivity index is 2.40. The van der Waals surface area contributed by atoms with Gasteiger partial charge < -0.3 is 10.8 Å². The molecule has 82 valence electrons. The highest BCUT2D eigenvalue weighted by Gasteiger charge is 2.15. The molecule has 1 unspecified atom stereocenters. The van der Waals surface area contributed by atoms with Crippen molar-refractivity contribution in [2.75, 3.05) is 5.73 Å². The van der Waals surface area contributed by atoms with Crippen molar-refractivity contribution in [3.63, 3.8) is 0 Å². The van der Waals surface area contributed by atoms with Gasteiger partial charge in [0, 0.05) is 11.3 Å². The highest BCUT2D eigenvalue weighted by atomic mass is 16.3. The second-order valence-corrected chi connectivity index (χ2v) is 4.38. The maximum absolute atomic E-state index is 9.83. The summed E-state index contributed by atoms with van der Waals surface area (Å²) in [6.07, 6.45) is 5.13. The van der Waals surface area contributed by atoms with E-state index in [1.807, 2.05) is 6.92 Å². The van der Waals surface area contributed by atoms with Gasteiger partial charge in [-0.3, -0.25) is 0 Å². The lowest BCUT2D eigenvalue weighted by Gasteiger charge is -2.20. The van der Waals surface area contributed by atoms with Gasteiger partial charge in [0.2, 0.25) is 0 Å². The first kappa shape index (κ1) is 10.5. The SMILES string of the molecule is CCC(O)c1cc2c(cc1N)CCCC2. The number of benzene rings is 1. The van der Waals surface area contributed by atoms with Gasteiger partial charge in [0.05, 0.1) is 6.10 Å². The summed E-state index contributed by atoms with van der Waals surface area (Å²) in [5.41, 5.74) is 10.4. The van der Waals surface area contributed by atoms with Crippen LogP contribution in [0.25, 0.3) is 0 Å². The third-order valence-corrected chi connectivity index (χ3v) is 3.29. The predicted octanol–water partition coefficient (Wildman–Crippen LogP) is 2.59. The van der Waals surface area contributed by atoms with Crippen LogP contribution in [0.2, 0.25) is 0 Å². The molecule has 1 aliphatic carbocycles. The molecule has 2 rings (SSSR count). The molecule has 2 heteroatoms. The first-order valence-corrected chi connectivity index (χ1v) is 5.81. The lowest BCUT2D eigenvalue weighted by Crippen LogP contribution is -2.08. The summed E-state index contributed by atoms with van der Waals surface area (Å²) >= 11 is 0. The van der Waals surface area contributed by atoms with Crippen LogP contribution in [-0.2, 0) is 12.8 Å². The van der Waals surface area contributed by atoms with Gasteiger partial charge in [-0.2, -0.15) is 0 Å². The van der Waals surface area contributed by atoms with Crippen molar-refractivity contribution in [3.8, 4) is 0 Å². The number of hydrogen-bond acceptors (Lipinski definition) is 2. The van der Waals surface area contributed by atoms with Crippen molar-refractivity contribution in [2.45, 2.75) is 45.1 Å². The molecule has 15 heavy (non-hydrogen) atoms. The van der Waals surface area contributed by atoms with E-state index in [1.54, 1.807) is 0 Å². The van der Waals surface area contributed by atoms with Crippen molar-refractivity contribution < 1.29 is 5.11 Å². The van der Waals surface area contributed by atoms with Crippen molar-refractivity contribution in [1.82, 2.24) is 0 Å². The van der Waals surface area contributed by atoms with Gasteiger partial charge in [-0.05, 0) is 49.3 Å². The molecule has 0 heterocycles. The predicted molar refractivity (Wildman–Crippen MR) is 62.7 cm³/mol. The number of nitrogen functional groups attached to an aromatic ring is 1. The Kier molecular flexibility index (Phi) is 2.96. The number of nitrogens with two attached hydrogens (primary N) is 1. The molecule has 0 aliphatic heterocycles. The standard InChI is InChI=1S/C13H19NO/c1-2-13(15)11-7-9-5-3-4-6-10(9)8-12(11)14/h7-8,13,15H,2-6,14H2,1H3. The third-order valence-electron chi connectivity index (χ3n) is 3.29. The van der Waals surface area contributed by atoms with Crippen LogP contribution < -0.4 is 5.73 Å². The smallest absolute Gasteiger partial charge is 0.0807 e. The van der Waals surface area contributed by atoms with E-state index in [-0.39, 0.29) is 0 Å². The summed E-state index contributed by atoms with van der Waals surface area (Å²) in [7, 11) is 0. The summed E-state index contributed by atoms with van der Waals surface area (Å²) in [6.45, 7) is 1.98. The zero-order chi connectivity index (χ0) is 10.8. The zero-order valence-corrected chi connectivity index (χ0v) is 9.29. The van der Waals surface area contributed by atoms with Crippen LogP contribution >= 0.6 is 0 Å². The van der Waals surface area contributed by atoms with E-state index in [0.717, 1.165) is 30.5 Å². The second kappa shape index (κ2) is 4.23. The van der Waals surface area contributed by atoms with Crippen LogP contribution in [0.3, 0.4) is 0 Å². The number of aryl methyl sites for hydroxylation is 2. The van der Waals surface area contributed by atoms with Crippen molar-refractivity contribution in [3.05, 3.63) is 28.8 Å². The van der Waals surface area contributed by atoms with Gasteiger partial charge in [0.25, 0.3) is 0 Å². The first-order chi connectivity index (χ1) is 7.22. The molecule has 2 nitrogen and oxygen atoms in total. The van der Waals surface area contributed by atoms with Crippen LogP contribution in [0.5, 0.6) is 0 Å². The highest BCUT2D eigenvalue weighted by Crippen LogP contribution is 2.30. The van der Waals surface area contributed by atoms with Crippen LogP contribution in [0.4, 0.5) is 5.69 Å². The van der Waals surface area contributed by atoms with Crippen LogP contribution in [0.15, 0.2) is 12.1 Å². The molecule has 1 aromatic rings. The summed E-state index contributed by atoms with van der Waals surface area (Å²) < 4.78 is 0. The number of fused-ring (bicyclic) bond motifs is 1. The molecule has 3 N–H and O–H groups in total. The molecule has 0 saturated carbocycles. The summed E-state index contributed by atoms with van der Waals surface area (Å²) in [6, 6.07) is 4.17. The minimum atomic E-state index is -0.405. The molecule has 0 radical (unpaired) electrons. The minimum absolute atomic E-state index is 0.405. The topological polar surface area (TPSA) is 46.2 Å². The molecule has 1 atom stereocenters. The van der Waals surface area contributed by atoms with E-state index in [0.29, 0.717) is 0 Å². The Morgan fingerprint density at radius 1 is 1.27 bits per heavy atom. The van der Waals surface area contributed by atoms with Gasteiger partial charge in [0.15, 0.2) is 0 Å². The Hall–Kier alpha value is -1.02. The van der Waals surface area contributed by atoms with Crippen LogP contribution in [0, 0.1) is 0 Å². The molecule has 0 bridgehead atoms. The van der Waals surface area contributed by atoms with Gasteiger partial charge in [0.1, 0.15) is 0 Å². The fourth-order valence-corrected chi connectivity index (χ4v) is 2.33. The Labute approximate surface area is 91.1 Å². The van der Waals surface area contributed by atoms with E-state index >= 15 is 0 Å². The number of aliphatic hydroxyl groups is 1.